The number of likely N-dealkylation sites (tertiary alicyclic amines) is 1. The summed E-state index contributed by atoms with van der Waals surface area (Å²) in [6.45, 7) is 10.0. The first-order valence-corrected chi connectivity index (χ1v) is 11.9. The second-order valence-electron chi connectivity index (χ2n) is 9.91. The summed E-state index contributed by atoms with van der Waals surface area (Å²) in [5, 5.41) is 12.7. The average molecular weight is 443 g/mol. The normalized spacial score (nSPS) is 21.8. The van der Waals surface area contributed by atoms with Crippen molar-refractivity contribution in [2.45, 2.75) is 66.2 Å². The standard InChI is InChI=1S/C25H38N4O3/c1-5-19-15-26-10-7-21(19)28-18(3)23(32)27-16-20-13-25(20)8-11-29(12-9-25)22(31)14-24(4,6-2)17-30/h7,10,15,20,30H,5-6,8-9,11-14,16-17H2,1-4H3,(H,27,32). The Bertz CT molecular complexity index is 854. The Morgan fingerprint density at radius 1 is 1.34 bits per heavy atom. The van der Waals surface area contributed by atoms with E-state index in [4.69, 9.17) is 0 Å². The van der Waals surface area contributed by atoms with Gasteiger partial charge in [0.25, 0.3) is 5.91 Å². The third-order valence-electron chi connectivity index (χ3n) is 7.67. The molecule has 0 bridgehead atoms. The zero-order valence-electron chi connectivity index (χ0n) is 20.0. The fourth-order valence-corrected chi connectivity index (χ4v) is 4.68. The predicted molar refractivity (Wildman–Crippen MR) is 126 cm³/mol. The number of pyridine rings is 1. The van der Waals surface area contributed by atoms with Gasteiger partial charge in [-0.25, -0.2) is 4.99 Å². The lowest BCUT2D eigenvalue weighted by atomic mass is 9.83. The van der Waals surface area contributed by atoms with Gasteiger partial charge >= 0.3 is 0 Å². The summed E-state index contributed by atoms with van der Waals surface area (Å²) in [7, 11) is 0. The number of hydrogen-bond donors (Lipinski definition) is 2. The van der Waals surface area contributed by atoms with E-state index in [1.807, 2.05) is 31.7 Å². The van der Waals surface area contributed by atoms with Gasteiger partial charge in [-0.05, 0) is 67.4 Å². The highest BCUT2D eigenvalue weighted by atomic mass is 16.3. The van der Waals surface area contributed by atoms with Crippen LogP contribution in [0.25, 0.3) is 0 Å². The second kappa shape index (κ2) is 10.1. The Kier molecular flexibility index (Phi) is 7.70. The quantitative estimate of drug-likeness (QED) is 0.574. The molecular weight excluding hydrogens is 404 g/mol. The van der Waals surface area contributed by atoms with Gasteiger partial charge in [-0.3, -0.25) is 14.6 Å². The van der Waals surface area contributed by atoms with E-state index in [9.17, 15) is 14.7 Å². The van der Waals surface area contributed by atoms with Crippen molar-refractivity contribution >= 4 is 23.2 Å². The van der Waals surface area contributed by atoms with Crippen LogP contribution in [0.2, 0.25) is 0 Å². The number of nitrogens with one attached hydrogen (secondary N) is 1. The van der Waals surface area contributed by atoms with Gasteiger partial charge < -0.3 is 15.3 Å². The van der Waals surface area contributed by atoms with Crippen molar-refractivity contribution < 1.29 is 14.7 Å². The summed E-state index contributed by atoms with van der Waals surface area (Å²) in [6, 6.07) is 1.84. The zero-order valence-corrected chi connectivity index (χ0v) is 20.0. The van der Waals surface area contributed by atoms with E-state index in [1.165, 1.54) is 0 Å². The molecule has 1 aliphatic heterocycles. The van der Waals surface area contributed by atoms with Crippen molar-refractivity contribution in [2.24, 2.45) is 21.7 Å². The van der Waals surface area contributed by atoms with Crippen LogP contribution in [0.1, 0.15) is 65.4 Å². The molecule has 1 aromatic rings. The number of carbonyl (C=O) groups excluding carboxylic acids is 2. The monoisotopic (exact) mass is 442 g/mol. The molecule has 1 aliphatic carbocycles. The molecule has 2 unspecified atom stereocenters. The minimum Gasteiger partial charge on any atom is -0.396 e. The van der Waals surface area contributed by atoms with Crippen molar-refractivity contribution in [1.82, 2.24) is 15.2 Å². The molecule has 0 radical (unpaired) electrons. The van der Waals surface area contributed by atoms with Gasteiger partial charge in [0.2, 0.25) is 5.91 Å². The fourth-order valence-electron chi connectivity index (χ4n) is 4.68. The van der Waals surface area contributed by atoms with Crippen LogP contribution in [0, 0.1) is 16.7 Å². The molecular formula is C25H38N4O3. The van der Waals surface area contributed by atoms with E-state index >= 15 is 0 Å². The Hall–Kier alpha value is -2.28. The van der Waals surface area contributed by atoms with Crippen molar-refractivity contribution in [1.29, 1.82) is 0 Å². The highest BCUT2D eigenvalue weighted by molar-refractivity contribution is 6.38. The summed E-state index contributed by atoms with van der Waals surface area (Å²) >= 11 is 0. The molecule has 176 valence electrons. The number of rotatable bonds is 9. The molecule has 2 atom stereocenters. The van der Waals surface area contributed by atoms with E-state index in [-0.39, 0.29) is 29.3 Å². The third-order valence-corrected chi connectivity index (χ3v) is 7.67. The lowest BCUT2D eigenvalue weighted by molar-refractivity contribution is -0.136. The fraction of sp³-hybridized carbons (Fsp3) is 0.680. The zero-order chi connectivity index (χ0) is 23.4. The number of aryl methyl sites for hydroxylation is 1. The van der Waals surface area contributed by atoms with Crippen LogP contribution in [0.4, 0.5) is 5.69 Å². The van der Waals surface area contributed by atoms with Gasteiger partial charge in [0.1, 0.15) is 5.71 Å². The van der Waals surface area contributed by atoms with Gasteiger partial charge in [-0.1, -0.05) is 20.8 Å². The van der Waals surface area contributed by atoms with Gasteiger partial charge in [-0.2, -0.15) is 0 Å². The highest BCUT2D eigenvalue weighted by Gasteiger charge is 2.54. The number of aliphatic imine (C=N–C) groups is 1. The van der Waals surface area contributed by atoms with Crippen LogP contribution < -0.4 is 5.32 Å². The number of aliphatic hydroxyl groups is 1. The first-order chi connectivity index (χ1) is 15.3. The maximum atomic E-state index is 12.7. The number of nitrogens with zero attached hydrogens (tertiary/aromatic N) is 3. The first-order valence-electron chi connectivity index (χ1n) is 11.9. The molecule has 1 saturated carbocycles. The Morgan fingerprint density at radius 3 is 2.69 bits per heavy atom. The molecule has 2 amide bonds. The van der Waals surface area contributed by atoms with E-state index < -0.39 is 0 Å². The summed E-state index contributed by atoms with van der Waals surface area (Å²) in [5.41, 5.74) is 2.23. The number of carbonyl (C=O) groups is 2. The van der Waals surface area contributed by atoms with Crippen LogP contribution in [-0.4, -0.2) is 58.8 Å². The van der Waals surface area contributed by atoms with E-state index in [0.29, 0.717) is 24.6 Å². The van der Waals surface area contributed by atoms with Gasteiger partial charge in [0, 0.05) is 45.1 Å². The maximum Gasteiger partial charge on any atom is 0.265 e. The van der Waals surface area contributed by atoms with Crippen LogP contribution >= 0.6 is 0 Å². The summed E-state index contributed by atoms with van der Waals surface area (Å²) in [5.74, 6) is 0.501. The average Bonchev–Trinajstić information content (AvgIpc) is 3.49. The number of hydrogen-bond acceptors (Lipinski definition) is 5. The molecule has 1 saturated heterocycles. The number of piperidine rings is 1. The topological polar surface area (TPSA) is 94.9 Å². The van der Waals surface area contributed by atoms with E-state index in [1.54, 1.807) is 19.3 Å². The maximum absolute atomic E-state index is 12.7. The minimum atomic E-state index is -0.327. The van der Waals surface area contributed by atoms with Crippen LogP contribution in [0.15, 0.2) is 23.5 Å². The Morgan fingerprint density at radius 2 is 2.06 bits per heavy atom. The molecule has 7 heteroatoms. The summed E-state index contributed by atoms with van der Waals surface area (Å²) in [6.07, 6.45) is 8.60. The van der Waals surface area contributed by atoms with Crippen LogP contribution in [0.5, 0.6) is 0 Å². The summed E-state index contributed by atoms with van der Waals surface area (Å²) < 4.78 is 0. The molecule has 32 heavy (non-hydrogen) atoms. The smallest absolute Gasteiger partial charge is 0.265 e. The van der Waals surface area contributed by atoms with Crippen LogP contribution in [-0.2, 0) is 16.0 Å². The molecule has 7 nitrogen and oxygen atoms in total. The largest absolute Gasteiger partial charge is 0.396 e. The Balaban J connectivity index is 1.46. The molecule has 3 rings (SSSR count). The van der Waals surface area contributed by atoms with Crippen molar-refractivity contribution in [3.05, 3.63) is 24.0 Å². The first kappa shape index (κ1) is 24.4. The minimum absolute atomic E-state index is 0.0401. The van der Waals surface area contributed by atoms with E-state index in [2.05, 4.69) is 15.3 Å². The van der Waals surface area contributed by atoms with Crippen molar-refractivity contribution in [3.63, 3.8) is 0 Å². The molecule has 2 N–H and O–H groups in total. The second-order valence-corrected chi connectivity index (χ2v) is 9.91. The van der Waals surface area contributed by atoms with Crippen LogP contribution in [0.3, 0.4) is 0 Å². The molecule has 1 spiro atoms. The lowest BCUT2D eigenvalue weighted by Gasteiger charge is -2.35. The van der Waals surface area contributed by atoms with Gasteiger partial charge in [0.05, 0.1) is 5.69 Å². The Labute approximate surface area is 191 Å². The highest BCUT2D eigenvalue weighted by Crippen LogP contribution is 2.59. The van der Waals surface area contributed by atoms with Crippen molar-refractivity contribution in [2.75, 3.05) is 26.2 Å². The van der Waals surface area contributed by atoms with Gasteiger partial charge in [0.15, 0.2) is 0 Å². The number of aliphatic hydroxyl groups excluding tert-OH is 1. The molecule has 2 heterocycles. The van der Waals surface area contributed by atoms with Gasteiger partial charge in [-0.15, -0.1) is 0 Å². The molecule has 1 aromatic heterocycles. The lowest BCUT2D eigenvalue weighted by Crippen LogP contribution is -2.42. The predicted octanol–water partition coefficient (Wildman–Crippen LogP) is 3.28. The number of aromatic nitrogens is 1. The number of amides is 2. The summed E-state index contributed by atoms with van der Waals surface area (Å²) in [4.78, 5) is 35.8. The SMILES string of the molecule is CCc1cnccc1N=C(C)C(=O)NCC1CC12CCN(C(=O)CC(C)(CC)CO)CC2. The molecule has 2 fully saturated rings. The third kappa shape index (κ3) is 5.55. The van der Waals surface area contributed by atoms with Crippen molar-refractivity contribution in [3.8, 4) is 0 Å². The molecule has 2 aliphatic rings. The van der Waals surface area contributed by atoms with E-state index in [0.717, 1.165) is 56.4 Å². The molecule has 0 aromatic carbocycles.